The van der Waals surface area contributed by atoms with Gasteiger partial charge in [-0.3, -0.25) is 0 Å². The van der Waals surface area contributed by atoms with E-state index < -0.39 is 6.18 Å². The molecule has 0 aliphatic heterocycles. The normalized spacial score (nSPS) is 21.9. The number of rotatable bonds is 2. The van der Waals surface area contributed by atoms with Gasteiger partial charge in [0.2, 0.25) is 0 Å². The van der Waals surface area contributed by atoms with Crippen LogP contribution in [-0.2, 0) is 0 Å². The summed E-state index contributed by atoms with van der Waals surface area (Å²) in [4.78, 5) is 0. The molecule has 0 nitrogen and oxygen atoms in total. The fourth-order valence-electron chi connectivity index (χ4n) is 1.80. The summed E-state index contributed by atoms with van der Waals surface area (Å²) in [5.74, 6) is -0.216. The summed E-state index contributed by atoms with van der Waals surface area (Å²) in [7, 11) is 0. The maximum atomic E-state index is 12.1. The van der Waals surface area contributed by atoms with Gasteiger partial charge >= 0.3 is 51.4 Å². The van der Waals surface area contributed by atoms with Gasteiger partial charge in [0.05, 0.1) is 0 Å². The first-order chi connectivity index (χ1) is 5.43. The van der Waals surface area contributed by atoms with E-state index in [2.05, 4.69) is 0 Å². The Bertz CT molecular complexity index is 153. The molecule has 0 N–H and O–H groups in total. The van der Waals surface area contributed by atoms with Crippen molar-refractivity contribution >= 4 is 0 Å². The van der Waals surface area contributed by atoms with E-state index in [1.807, 2.05) is 13.8 Å². The Morgan fingerprint density at radius 2 is 1.54 bits per heavy atom. The molecule has 1 aliphatic carbocycles. The van der Waals surface area contributed by atoms with Gasteiger partial charge in [0.25, 0.3) is 6.18 Å². The van der Waals surface area contributed by atoms with E-state index >= 15 is 0 Å². The topological polar surface area (TPSA) is 0 Å². The fraction of sp³-hybridized carbons (Fsp3) is 0.889. The zero-order valence-electron chi connectivity index (χ0n) is 8.46. The average molecular weight is 218 g/mol. The van der Waals surface area contributed by atoms with Crippen LogP contribution in [0.1, 0.15) is 39.5 Å². The van der Waals surface area contributed by atoms with Gasteiger partial charge in [-0.1, -0.05) is 32.1 Å². The summed E-state index contributed by atoms with van der Waals surface area (Å²) < 4.78 is 36.2. The van der Waals surface area contributed by atoms with Crippen LogP contribution in [-0.4, -0.2) is 6.18 Å². The van der Waals surface area contributed by atoms with Crippen LogP contribution in [0.4, 0.5) is 13.2 Å². The van der Waals surface area contributed by atoms with Crippen molar-refractivity contribution < 1.29 is 64.6 Å². The molecule has 0 heterocycles. The number of hydrogen-bond acceptors (Lipinski definition) is 0. The minimum absolute atomic E-state index is 0. The molecule has 0 saturated heterocycles. The van der Waals surface area contributed by atoms with Gasteiger partial charge in [-0.05, 0) is 0 Å². The van der Waals surface area contributed by atoms with Crippen LogP contribution >= 0.6 is 0 Å². The van der Waals surface area contributed by atoms with Crippen LogP contribution in [0.15, 0.2) is 0 Å². The van der Waals surface area contributed by atoms with Gasteiger partial charge in [-0.25, -0.2) is 19.1 Å². The molecule has 1 aliphatic rings. The Morgan fingerprint density at radius 3 is 1.77 bits per heavy atom. The third-order valence-electron chi connectivity index (χ3n) is 3.08. The second-order valence-electron chi connectivity index (χ2n) is 3.66. The molecule has 72 valence electrons. The fourth-order valence-corrected chi connectivity index (χ4v) is 1.80. The molecule has 0 aromatic carbocycles. The molecular formula is C9H14F3K. The van der Waals surface area contributed by atoms with E-state index in [-0.39, 0.29) is 75.6 Å². The second kappa shape index (κ2) is 4.97. The Labute approximate surface area is 120 Å². The predicted octanol–water partition coefficient (Wildman–Crippen LogP) is 0.727. The molecule has 1 rings (SSSR count). The third kappa shape index (κ3) is 3.19. The maximum Gasteiger partial charge on any atom is 1.00 e. The van der Waals surface area contributed by atoms with Crippen LogP contribution in [0.25, 0.3) is 0 Å². The molecule has 13 heavy (non-hydrogen) atoms. The minimum atomic E-state index is -4.03. The largest absolute Gasteiger partial charge is 1.00 e. The molecule has 0 bridgehead atoms. The third-order valence-corrected chi connectivity index (χ3v) is 3.08. The summed E-state index contributed by atoms with van der Waals surface area (Å²) in [5, 5.41) is 0. The first kappa shape index (κ1) is 14.4. The molecule has 0 unspecified atom stereocenters. The summed E-state index contributed by atoms with van der Waals surface area (Å²) in [6, 6.07) is 0. The van der Waals surface area contributed by atoms with Crippen molar-refractivity contribution in [1.29, 1.82) is 0 Å². The zero-order chi connectivity index (χ0) is 9.41. The molecular weight excluding hydrogens is 204 g/mol. The molecule has 0 spiro atoms. The Kier molecular flexibility index (Phi) is 5.51. The summed E-state index contributed by atoms with van der Waals surface area (Å²) in [5.41, 5.74) is -0.0230. The zero-order valence-corrected chi connectivity index (χ0v) is 11.6. The standard InChI is InChI=1S/C9H14F3.K/c1-3-8(4-2)5-7(6-8)9(10,11)12;/h3-6H2,1-2H3;/q-1;+1. The van der Waals surface area contributed by atoms with E-state index in [9.17, 15) is 13.2 Å². The molecule has 0 radical (unpaired) electrons. The Hall–Kier alpha value is 1.43. The van der Waals surface area contributed by atoms with Gasteiger partial charge in [0.15, 0.2) is 0 Å². The monoisotopic (exact) mass is 218 g/mol. The molecule has 1 fully saturated rings. The van der Waals surface area contributed by atoms with Crippen LogP contribution in [0.2, 0.25) is 0 Å². The summed E-state index contributed by atoms with van der Waals surface area (Å²) in [6.07, 6.45) is -1.77. The van der Waals surface area contributed by atoms with E-state index in [1.165, 1.54) is 0 Å². The molecule has 0 aromatic heterocycles. The van der Waals surface area contributed by atoms with E-state index in [0.717, 1.165) is 12.8 Å². The number of hydrogen-bond donors (Lipinski definition) is 0. The van der Waals surface area contributed by atoms with Crippen molar-refractivity contribution in [3.8, 4) is 0 Å². The van der Waals surface area contributed by atoms with Crippen molar-refractivity contribution in [3.05, 3.63) is 5.92 Å². The quantitative estimate of drug-likeness (QED) is 0.473. The van der Waals surface area contributed by atoms with Gasteiger partial charge in [0, 0.05) is 0 Å². The van der Waals surface area contributed by atoms with Crippen molar-refractivity contribution in [1.82, 2.24) is 0 Å². The Balaban J connectivity index is 0.00000144. The second-order valence-corrected chi connectivity index (χ2v) is 3.66. The van der Waals surface area contributed by atoms with Gasteiger partial charge in [-0.2, -0.15) is 12.8 Å². The smallest absolute Gasteiger partial charge is 0.211 e. The summed E-state index contributed by atoms with van der Waals surface area (Å²) >= 11 is 0. The molecule has 1 saturated carbocycles. The predicted molar refractivity (Wildman–Crippen MR) is 41.5 cm³/mol. The van der Waals surface area contributed by atoms with Crippen LogP contribution in [0.3, 0.4) is 0 Å². The maximum absolute atomic E-state index is 12.1. The van der Waals surface area contributed by atoms with E-state index in [1.54, 1.807) is 0 Å². The molecule has 0 atom stereocenters. The van der Waals surface area contributed by atoms with Crippen molar-refractivity contribution in [2.45, 2.75) is 45.7 Å². The number of alkyl halides is 3. The van der Waals surface area contributed by atoms with Crippen molar-refractivity contribution in [2.75, 3.05) is 0 Å². The van der Waals surface area contributed by atoms with Crippen LogP contribution < -0.4 is 51.4 Å². The number of halogens is 3. The molecule has 4 heteroatoms. The van der Waals surface area contributed by atoms with Crippen LogP contribution in [0, 0.1) is 11.3 Å². The van der Waals surface area contributed by atoms with Gasteiger partial charge in [-0.15, -0.1) is 0 Å². The van der Waals surface area contributed by atoms with Gasteiger partial charge in [0.1, 0.15) is 0 Å². The minimum Gasteiger partial charge on any atom is -0.211 e. The van der Waals surface area contributed by atoms with E-state index in [4.69, 9.17) is 0 Å². The average Bonchev–Trinajstić information content (AvgIpc) is 1.85. The van der Waals surface area contributed by atoms with Crippen molar-refractivity contribution in [3.63, 3.8) is 0 Å². The van der Waals surface area contributed by atoms with Gasteiger partial charge < -0.3 is 0 Å². The summed E-state index contributed by atoms with van der Waals surface area (Å²) in [6.45, 7) is 3.94. The molecule has 0 amide bonds. The van der Waals surface area contributed by atoms with E-state index in [0.29, 0.717) is 0 Å². The van der Waals surface area contributed by atoms with Crippen molar-refractivity contribution in [2.24, 2.45) is 5.41 Å². The first-order valence-corrected chi connectivity index (χ1v) is 4.35. The van der Waals surface area contributed by atoms with Crippen LogP contribution in [0.5, 0.6) is 0 Å². The SMILES string of the molecule is CCC1(CC)C[C-](C(F)(F)F)C1.[K+]. The Morgan fingerprint density at radius 1 is 1.15 bits per heavy atom. The first-order valence-electron chi connectivity index (χ1n) is 4.35. The molecule has 0 aromatic rings.